The quantitative estimate of drug-likeness (QED) is 0.874. The van der Waals surface area contributed by atoms with Crippen molar-refractivity contribution in [3.63, 3.8) is 0 Å². The van der Waals surface area contributed by atoms with Crippen LogP contribution in [0.5, 0.6) is 0 Å². The van der Waals surface area contributed by atoms with Crippen LogP contribution >= 0.6 is 11.8 Å². The fraction of sp³-hybridized carbons (Fsp3) is 0.333. The number of rotatable bonds is 4. The van der Waals surface area contributed by atoms with E-state index < -0.39 is 11.4 Å². The van der Waals surface area contributed by atoms with Crippen LogP contribution < -0.4 is 0 Å². The smallest absolute Gasteiger partial charge is 0.314 e. The summed E-state index contributed by atoms with van der Waals surface area (Å²) in [6.07, 6.45) is 0. The first-order valence-corrected chi connectivity index (χ1v) is 5.87. The van der Waals surface area contributed by atoms with Gasteiger partial charge in [0.15, 0.2) is 5.12 Å². The molecule has 0 aliphatic carbocycles. The van der Waals surface area contributed by atoms with Crippen LogP contribution in [-0.2, 0) is 15.0 Å². The van der Waals surface area contributed by atoms with E-state index in [-0.39, 0.29) is 10.9 Å². The van der Waals surface area contributed by atoms with Gasteiger partial charge in [-0.2, -0.15) is 0 Å². The Bertz CT molecular complexity index is 389. The molecule has 0 aliphatic heterocycles. The maximum absolute atomic E-state index is 11.3. The Morgan fingerprint density at radius 2 is 1.88 bits per heavy atom. The minimum Gasteiger partial charge on any atom is -0.481 e. The van der Waals surface area contributed by atoms with Crippen LogP contribution in [-0.4, -0.2) is 21.9 Å². The number of aliphatic carboxylic acids is 1. The highest BCUT2D eigenvalue weighted by molar-refractivity contribution is 8.13. The number of hydrogen-bond acceptors (Lipinski definition) is 3. The summed E-state index contributed by atoms with van der Waals surface area (Å²) in [5.74, 6) is -0.658. The van der Waals surface area contributed by atoms with Gasteiger partial charge in [-0.15, -0.1) is 0 Å². The minimum absolute atomic E-state index is 0.0663. The summed E-state index contributed by atoms with van der Waals surface area (Å²) < 4.78 is 0. The van der Waals surface area contributed by atoms with Gasteiger partial charge in [0.1, 0.15) is 0 Å². The number of hydrogen-bond donors (Lipinski definition) is 1. The van der Waals surface area contributed by atoms with E-state index in [0.29, 0.717) is 0 Å². The predicted molar refractivity (Wildman–Crippen MR) is 64.6 cm³/mol. The lowest BCUT2D eigenvalue weighted by Crippen LogP contribution is -2.35. The summed E-state index contributed by atoms with van der Waals surface area (Å²) in [7, 11) is 0. The molecular formula is C12H14O3S. The molecule has 0 spiro atoms. The van der Waals surface area contributed by atoms with Crippen LogP contribution in [0.1, 0.15) is 19.4 Å². The number of carbonyl (C=O) groups is 2. The van der Waals surface area contributed by atoms with Crippen LogP contribution in [0.15, 0.2) is 30.3 Å². The zero-order chi connectivity index (χ0) is 12.2. The van der Waals surface area contributed by atoms with E-state index in [1.165, 1.54) is 6.92 Å². The van der Waals surface area contributed by atoms with Crippen molar-refractivity contribution in [2.75, 3.05) is 5.75 Å². The summed E-state index contributed by atoms with van der Waals surface area (Å²) in [5, 5.41) is 9.21. The lowest BCUT2D eigenvalue weighted by atomic mass is 9.85. The van der Waals surface area contributed by atoms with Crippen molar-refractivity contribution in [2.45, 2.75) is 19.3 Å². The van der Waals surface area contributed by atoms with Crippen LogP contribution in [0.3, 0.4) is 0 Å². The Morgan fingerprint density at radius 3 is 2.31 bits per heavy atom. The molecule has 86 valence electrons. The van der Waals surface area contributed by atoms with Crippen molar-refractivity contribution in [3.05, 3.63) is 35.9 Å². The molecule has 0 saturated heterocycles. The van der Waals surface area contributed by atoms with Gasteiger partial charge >= 0.3 is 5.97 Å². The molecule has 0 heterocycles. The first-order valence-electron chi connectivity index (χ1n) is 4.89. The van der Waals surface area contributed by atoms with E-state index in [2.05, 4.69) is 0 Å². The van der Waals surface area contributed by atoms with Gasteiger partial charge in [-0.25, -0.2) is 0 Å². The maximum Gasteiger partial charge on any atom is 0.314 e. The summed E-state index contributed by atoms with van der Waals surface area (Å²) in [5.41, 5.74) is -0.298. The third-order valence-corrected chi connectivity index (χ3v) is 3.58. The number of benzene rings is 1. The summed E-state index contributed by atoms with van der Waals surface area (Å²) in [6.45, 7) is 3.08. The van der Waals surface area contributed by atoms with Gasteiger partial charge < -0.3 is 5.11 Å². The Morgan fingerprint density at radius 1 is 1.31 bits per heavy atom. The molecule has 4 heteroatoms. The van der Waals surface area contributed by atoms with Crippen molar-refractivity contribution < 1.29 is 14.7 Å². The molecule has 1 N–H and O–H groups in total. The third kappa shape index (κ3) is 2.85. The molecule has 0 aliphatic rings. The summed E-state index contributed by atoms with van der Waals surface area (Å²) in [6, 6.07) is 8.98. The molecule has 0 fully saturated rings. The minimum atomic E-state index is -1.02. The zero-order valence-electron chi connectivity index (χ0n) is 9.27. The van der Waals surface area contributed by atoms with E-state index in [0.717, 1.165) is 17.3 Å². The van der Waals surface area contributed by atoms with Gasteiger partial charge in [-0.3, -0.25) is 9.59 Å². The molecule has 1 aromatic rings. The number of carbonyl (C=O) groups excluding carboxylic acids is 1. The second-order valence-electron chi connectivity index (χ2n) is 3.78. The van der Waals surface area contributed by atoms with E-state index in [1.54, 1.807) is 31.2 Å². The Hall–Kier alpha value is -1.29. The molecule has 0 bridgehead atoms. The monoisotopic (exact) mass is 238 g/mol. The topological polar surface area (TPSA) is 54.4 Å². The van der Waals surface area contributed by atoms with E-state index in [1.807, 2.05) is 6.07 Å². The first-order chi connectivity index (χ1) is 7.47. The van der Waals surface area contributed by atoms with Gasteiger partial charge in [0.05, 0.1) is 5.41 Å². The molecule has 0 aromatic heterocycles. The lowest BCUT2D eigenvalue weighted by Gasteiger charge is -2.24. The average Bonchev–Trinajstić information content (AvgIpc) is 2.26. The highest BCUT2D eigenvalue weighted by Crippen LogP contribution is 2.28. The second-order valence-corrected chi connectivity index (χ2v) is 4.94. The first kappa shape index (κ1) is 12.8. The molecule has 1 atom stereocenters. The third-order valence-electron chi connectivity index (χ3n) is 2.45. The molecule has 1 rings (SSSR count). The predicted octanol–water partition coefficient (Wildman–Crippen LogP) is 2.31. The SMILES string of the molecule is CC(=O)SC[C@@](C)(C(=O)O)c1ccccc1. The number of carboxylic acids is 1. The lowest BCUT2D eigenvalue weighted by molar-refractivity contribution is -0.142. The number of carboxylic acid groups (broad SMARTS) is 1. The van der Waals surface area contributed by atoms with Crippen LogP contribution in [0, 0.1) is 0 Å². The highest BCUT2D eigenvalue weighted by atomic mass is 32.2. The molecule has 0 radical (unpaired) electrons. The molecule has 3 nitrogen and oxygen atoms in total. The van der Waals surface area contributed by atoms with Crippen LogP contribution in [0.2, 0.25) is 0 Å². The normalized spacial score (nSPS) is 14.1. The van der Waals surface area contributed by atoms with Crippen molar-refractivity contribution >= 4 is 22.8 Å². The van der Waals surface area contributed by atoms with Gasteiger partial charge in [-0.05, 0) is 12.5 Å². The van der Waals surface area contributed by atoms with Gasteiger partial charge in [0.2, 0.25) is 0 Å². The van der Waals surface area contributed by atoms with Gasteiger partial charge in [-0.1, -0.05) is 42.1 Å². The summed E-state index contributed by atoms with van der Waals surface area (Å²) >= 11 is 1.04. The molecule has 1 aromatic carbocycles. The van der Waals surface area contributed by atoms with Crippen molar-refractivity contribution in [1.82, 2.24) is 0 Å². The van der Waals surface area contributed by atoms with E-state index >= 15 is 0 Å². The fourth-order valence-corrected chi connectivity index (χ4v) is 2.10. The average molecular weight is 238 g/mol. The molecule has 0 amide bonds. The molecular weight excluding hydrogens is 224 g/mol. The van der Waals surface area contributed by atoms with Crippen molar-refractivity contribution in [2.24, 2.45) is 0 Å². The second kappa shape index (κ2) is 5.16. The Balaban J connectivity index is 2.98. The van der Waals surface area contributed by atoms with Crippen LogP contribution in [0.25, 0.3) is 0 Å². The van der Waals surface area contributed by atoms with Crippen molar-refractivity contribution in [3.8, 4) is 0 Å². The highest BCUT2D eigenvalue weighted by Gasteiger charge is 2.35. The van der Waals surface area contributed by atoms with Crippen molar-refractivity contribution in [1.29, 1.82) is 0 Å². The zero-order valence-corrected chi connectivity index (χ0v) is 10.1. The van der Waals surface area contributed by atoms with Crippen LogP contribution in [0.4, 0.5) is 0 Å². The Labute approximate surface area is 98.9 Å². The maximum atomic E-state index is 11.3. The van der Waals surface area contributed by atoms with Gasteiger partial charge in [0.25, 0.3) is 0 Å². The standard InChI is InChI=1S/C12H14O3S/c1-9(13)16-8-12(2,11(14)15)10-6-4-3-5-7-10/h3-7H,8H2,1-2H3,(H,14,15)/t12-/m1/s1. The fourth-order valence-electron chi connectivity index (χ4n) is 1.32. The van der Waals surface area contributed by atoms with E-state index in [4.69, 9.17) is 0 Å². The molecule has 0 unspecified atom stereocenters. The summed E-state index contributed by atoms with van der Waals surface area (Å²) in [4.78, 5) is 22.2. The largest absolute Gasteiger partial charge is 0.481 e. The molecule has 0 saturated carbocycles. The van der Waals surface area contributed by atoms with E-state index in [9.17, 15) is 14.7 Å². The Kier molecular flexibility index (Phi) is 4.12. The number of thioether (sulfide) groups is 1. The molecule has 16 heavy (non-hydrogen) atoms. The van der Waals surface area contributed by atoms with Gasteiger partial charge in [0, 0.05) is 12.7 Å².